The number of nitrogens with two attached hydrogens (primary N) is 1. The molecule has 0 atom stereocenters. The van der Waals surface area contributed by atoms with Gasteiger partial charge in [-0.15, -0.1) is 0 Å². The van der Waals surface area contributed by atoms with Crippen molar-refractivity contribution >= 4 is 5.91 Å². The normalized spacial score (nSPS) is 10.9. The van der Waals surface area contributed by atoms with Crippen molar-refractivity contribution in [2.75, 3.05) is 0 Å². The van der Waals surface area contributed by atoms with Crippen LogP contribution in [0.15, 0.2) is 12.1 Å². The molecule has 2 N–H and O–H groups in total. The first-order valence-corrected chi connectivity index (χ1v) is 3.88. The fraction of sp³-hybridized carbons (Fsp3) is 0.111. The number of nitrogens with zero attached hydrogens (tertiary/aromatic N) is 1. The van der Waals surface area contributed by atoms with E-state index < -0.39 is 34.6 Å². The summed E-state index contributed by atoms with van der Waals surface area (Å²) < 4.78 is 50.1. The largest absolute Gasteiger partial charge is 0.420 e. The molecule has 0 unspecified atom stereocenters. The van der Waals surface area contributed by atoms with E-state index >= 15 is 0 Å². The fourth-order valence-electron chi connectivity index (χ4n) is 1.18. The second-order valence-corrected chi connectivity index (χ2v) is 2.82. The molecule has 1 aromatic rings. The first-order valence-electron chi connectivity index (χ1n) is 3.88. The van der Waals surface area contributed by atoms with Gasteiger partial charge in [-0.1, -0.05) is 0 Å². The summed E-state index contributed by atoms with van der Waals surface area (Å²) in [5.41, 5.74) is 1.25. The number of hydrogen-bond donors (Lipinski definition) is 1. The van der Waals surface area contributed by atoms with Gasteiger partial charge in [-0.2, -0.15) is 18.4 Å². The highest BCUT2D eigenvalue weighted by Gasteiger charge is 2.38. The van der Waals surface area contributed by atoms with Gasteiger partial charge >= 0.3 is 6.18 Å². The molecule has 0 heterocycles. The summed E-state index contributed by atoms with van der Waals surface area (Å²) in [6.45, 7) is 0. The molecule has 0 radical (unpaired) electrons. The lowest BCUT2D eigenvalue weighted by Crippen LogP contribution is -2.18. The van der Waals surface area contributed by atoms with E-state index in [0.717, 1.165) is 12.1 Å². The monoisotopic (exact) mass is 232 g/mol. The van der Waals surface area contributed by atoms with Crippen LogP contribution in [0.5, 0.6) is 0 Å². The second-order valence-electron chi connectivity index (χ2n) is 2.82. The molecular formula is C9H4F4N2O. The van der Waals surface area contributed by atoms with Gasteiger partial charge in [0.05, 0.1) is 11.1 Å². The van der Waals surface area contributed by atoms with Gasteiger partial charge in [0.15, 0.2) is 0 Å². The van der Waals surface area contributed by atoms with E-state index in [0.29, 0.717) is 6.07 Å². The zero-order chi connectivity index (χ0) is 12.5. The molecule has 0 saturated heterocycles. The maximum absolute atomic E-state index is 13.0. The summed E-state index contributed by atoms with van der Waals surface area (Å²) >= 11 is 0. The van der Waals surface area contributed by atoms with Crippen molar-refractivity contribution in [1.82, 2.24) is 0 Å². The topological polar surface area (TPSA) is 66.9 Å². The van der Waals surface area contributed by atoms with E-state index in [1.165, 1.54) is 0 Å². The highest BCUT2D eigenvalue weighted by Crippen LogP contribution is 2.35. The van der Waals surface area contributed by atoms with Crippen LogP contribution in [0.1, 0.15) is 21.5 Å². The molecule has 1 aromatic carbocycles. The molecule has 0 aromatic heterocycles. The number of benzene rings is 1. The number of carbonyl (C=O) groups is 1. The van der Waals surface area contributed by atoms with Crippen molar-refractivity contribution in [3.05, 3.63) is 34.6 Å². The molecule has 1 amide bonds. The predicted molar refractivity (Wildman–Crippen MR) is 44.6 cm³/mol. The lowest BCUT2D eigenvalue weighted by Gasteiger charge is -2.11. The third-order valence-electron chi connectivity index (χ3n) is 1.82. The number of rotatable bonds is 1. The molecule has 0 aliphatic heterocycles. The number of alkyl halides is 3. The molecule has 0 saturated carbocycles. The smallest absolute Gasteiger partial charge is 0.366 e. The van der Waals surface area contributed by atoms with E-state index in [4.69, 9.17) is 11.0 Å². The van der Waals surface area contributed by atoms with Gasteiger partial charge in [0.1, 0.15) is 17.4 Å². The van der Waals surface area contributed by atoms with Gasteiger partial charge in [-0.3, -0.25) is 4.79 Å². The Hall–Kier alpha value is -2.10. The molecule has 1 rings (SSSR count). The molecule has 0 aliphatic carbocycles. The van der Waals surface area contributed by atoms with Crippen molar-refractivity contribution < 1.29 is 22.4 Å². The van der Waals surface area contributed by atoms with Gasteiger partial charge in [0.2, 0.25) is 5.91 Å². The Morgan fingerprint density at radius 3 is 2.31 bits per heavy atom. The van der Waals surface area contributed by atoms with Crippen LogP contribution in [0.3, 0.4) is 0 Å². The first-order chi connectivity index (χ1) is 7.29. The average molecular weight is 232 g/mol. The summed E-state index contributed by atoms with van der Waals surface area (Å²) in [5.74, 6) is -2.84. The number of nitriles is 1. The standard InChI is InChI=1S/C9H4F4N2O/c10-6-2-1-4(8(15)16)5(3-14)7(6)9(11,12)13/h1-2H,(H2,15,16). The quantitative estimate of drug-likeness (QED) is 0.750. The highest BCUT2D eigenvalue weighted by molar-refractivity contribution is 5.95. The number of carbonyl (C=O) groups excluding carboxylic acids is 1. The van der Waals surface area contributed by atoms with Crippen molar-refractivity contribution in [3.8, 4) is 6.07 Å². The number of amides is 1. The fourth-order valence-corrected chi connectivity index (χ4v) is 1.18. The van der Waals surface area contributed by atoms with Crippen molar-refractivity contribution in [2.24, 2.45) is 5.73 Å². The summed E-state index contributed by atoms with van der Waals surface area (Å²) in [6, 6.07) is 2.32. The highest BCUT2D eigenvalue weighted by atomic mass is 19.4. The van der Waals surface area contributed by atoms with Gasteiger partial charge in [0.25, 0.3) is 0 Å². The minimum Gasteiger partial charge on any atom is -0.366 e. The molecule has 0 fully saturated rings. The molecule has 3 nitrogen and oxygen atoms in total. The third kappa shape index (κ3) is 1.95. The van der Waals surface area contributed by atoms with Crippen LogP contribution in [-0.2, 0) is 6.18 Å². The number of hydrogen-bond acceptors (Lipinski definition) is 2. The van der Waals surface area contributed by atoms with E-state index in [9.17, 15) is 22.4 Å². The molecule has 84 valence electrons. The van der Waals surface area contributed by atoms with E-state index in [1.807, 2.05) is 0 Å². The van der Waals surface area contributed by atoms with Crippen molar-refractivity contribution in [2.45, 2.75) is 6.18 Å². The SMILES string of the molecule is N#Cc1c(C(N)=O)ccc(F)c1C(F)(F)F. The van der Waals surface area contributed by atoms with E-state index in [2.05, 4.69) is 0 Å². The minimum absolute atomic E-state index is 0.448. The Morgan fingerprint density at radius 2 is 1.94 bits per heavy atom. The molecule has 16 heavy (non-hydrogen) atoms. The van der Waals surface area contributed by atoms with E-state index in [1.54, 1.807) is 0 Å². The minimum atomic E-state index is -5.05. The molecule has 0 aliphatic rings. The van der Waals surface area contributed by atoms with Gasteiger partial charge < -0.3 is 5.73 Å². The van der Waals surface area contributed by atoms with Gasteiger partial charge in [0, 0.05) is 0 Å². The van der Waals surface area contributed by atoms with Crippen LogP contribution in [0.25, 0.3) is 0 Å². The maximum Gasteiger partial charge on any atom is 0.420 e. The van der Waals surface area contributed by atoms with Gasteiger partial charge in [-0.05, 0) is 12.1 Å². The lowest BCUT2D eigenvalue weighted by atomic mass is 10.0. The Bertz CT molecular complexity index is 488. The van der Waals surface area contributed by atoms with Crippen LogP contribution in [0.4, 0.5) is 17.6 Å². The van der Waals surface area contributed by atoms with Crippen molar-refractivity contribution in [3.63, 3.8) is 0 Å². The molecular weight excluding hydrogens is 228 g/mol. The van der Waals surface area contributed by atoms with Crippen LogP contribution in [0, 0.1) is 17.1 Å². The summed E-state index contributed by atoms with van der Waals surface area (Å²) in [7, 11) is 0. The van der Waals surface area contributed by atoms with Crippen LogP contribution in [-0.4, -0.2) is 5.91 Å². The maximum atomic E-state index is 13.0. The Kier molecular flexibility index (Phi) is 2.85. The number of halogens is 4. The summed E-state index contributed by atoms with van der Waals surface area (Å²) in [6.07, 6.45) is -5.05. The number of primary amides is 1. The zero-order valence-corrected chi connectivity index (χ0v) is 7.60. The Balaban J connectivity index is 3.66. The zero-order valence-electron chi connectivity index (χ0n) is 7.60. The average Bonchev–Trinajstić information content (AvgIpc) is 2.14. The summed E-state index contributed by atoms with van der Waals surface area (Å²) in [4.78, 5) is 10.8. The Labute approximate surface area is 87.1 Å². The predicted octanol–water partition coefficient (Wildman–Crippen LogP) is 1.82. The van der Waals surface area contributed by atoms with Crippen molar-refractivity contribution in [1.29, 1.82) is 5.26 Å². The lowest BCUT2D eigenvalue weighted by molar-refractivity contribution is -0.140. The Morgan fingerprint density at radius 1 is 1.38 bits per heavy atom. The van der Waals surface area contributed by atoms with Crippen LogP contribution >= 0.6 is 0 Å². The van der Waals surface area contributed by atoms with Crippen LogP contribution in [0.2, 0.25) is 0 Å². The first kappa shape index (κ1) is 12.0. The van der Waals surface area contributed by atoms with Crippen LogP contribution < -0.4 is 5.73 Å². The van der Waals surface area contributed by atoms with Gasteiger partial charge in [-0.25, -0.2) is 4.39 Å². The van der Waals surface area contributed by atoms with E-state index in [-0.39, 0.29) is 0 Å². The molecule has 0 spiro atoms. The summed E-state index contributed by atoms with van der Waals surface area (Å²) in [5, 5.41) is 8.51. The molecule has 0 bridgehead atoms. The second kappa shape index (κ2) is 3.81. The third-order valence-corrected chi connectivity index (χ3v) is 1.82. The molecule has 7 heteroatoms.